The van der Waals surface area contributed by atoms with Crippen LogP contribution in [0.15, 0.2) is 47.6 Å². The number of hydrogen-bond donors (Lipinski definition) is 0. The lowest BCUT2D eigenvalue weighted by atomic mass is 9.93. The van der Waals surface area contributed by atoms with Crippen LogP contribution in [0.25, 0.3) is 6.08 Å². The average Bonchev–Trinajstić information content (AvgIpc) is 2.75. The molecule has 7 heteroatoms. The van der Waals surface area contributed by atoms with Crippen LogP contribution in [0.5, 0.6) is 11.5 Å². The molecule has 0 atom stereocenters. The van der Waals surface area contributed by atoms with E-state index in [4.69, 9.17) is 14.2 Å². The summed E-state index contributed by atoms with van der Waals surface area (Å²) in [6.07, 6.45) is 3.84. The van der Waals surface area contributed by atoms with Gasteiger partial charge in [0.1, 0.15) is 18.2 Å². The first-order chi connectivity index (χ1) is 14.8. The number of nitriles is 1. The van der Waals surface area contributed by atoms with Crippen molar-refractivity contribution in [2.45, 2.75) is 33.3 Å². The van der Waals surface area contributed by atoms with Crippen molar-refractivity contribution in [1.29, 1.82) is 5.26 Å². The van der Waals surface area contributed by atoms with Crippen molar-refractivity contribution in [1.82, 2.24) is 4.90 Å². The van der Waals surface area contributed by atoms with Gasteiger partial charge in [-0.3, -0.25) is 14.5 Å². The molecule has 164 valence electrons. The molecule has 0 fully saturated rings. The van der Waals surface area contributed by atoms with E-state index in [0.29, 0.717) is 47.8 Å². The third kappa shape index (κ3) is 5.83. The van der Waals surface area contributed by atoms with E-state index >= 15 is 0 Å². The Kier molecular flexibility index (Phi) is 8.59. The van der Waals surface area contributed by atoms with Crippen molar-refractivity contribution < 1.29 is 23.8 Å². The topological polar surface area (TPSA) is 88.9 Å². The maximum Gasteiger partial charge on any atom is 0.271 e. The fourth-order valence-electron chi connectivity index (χ4n) is 3.08. The number of methoxy groups -OCH3 is 1. The van der Waals surface area contributed by atoms with Gasteiger partial charge in [0.2, 0.25) is 0 Å². The summed E-state index contributed by atoms with van der Waals surface area (Å²) in [6, 6.07) is 7.18. The molecule has 0 aliphatic carbocycles. The number of carbonyl (C=O) groups excluding carboxylic acids is 2. The Balaban J connectivity index is 2.36. The molecule has 7 nitrogen and oxygen atoms in total. The highest BCUT2D eigenvalue weighted by molar-refractivity contribution is 6.19. The van der Waals surface area contributed by atoms with Gasteiger partial charge in [0.15, 0.2) is 11.5 Å². The summed E-state index contributed by atoms with van der Waals surface area (Å²) in [4.78, 5) is 26.9. The molecule has 1 heterocycles. The van der Waals surface area contributed by atoms with Crippen LogP contribution >= 0.6 is 0 Å². The first-order valence-corrected chi connectivity index (χ1v) is 10.1. The molecular formula is C24H28N2O5. The second-order valence-corrected chi connectivity index (χ2v) is 7.21. The highest BCUT2D eigenvalue weighted by Gasteiger charge is 2.35. The van der Waals surface area contributed by atoms with Crippen LogP contribution in [0.4, 0.5) is 0 Å². The van der Waals surface area contributed by atoms with Crippen LogP contribution in [0.2, 0.25) is 0 Å². The van der Waals surface area contributed by atoms with Gasteiger partial charge < -0.3 is 14.2 Å². The zero-order valence-corrected chi connectivity index (χ0v) is 18.4. The highest BCUT2D eigenvalue weighted by atomic mass is 16.5. The first-order valence-electron chi connectivity index (χ1n) is 10.1. The standard InChI is InChI=1S/C24H28N2O5/c1-6-11-31-21-9-8-18(14-22(21)29-5)13-19-17(4)20(15-25)24(28)26(23(19)27)10-7-12-30-16(2)3/h6,8-9,13-14,16H,1,7,10-12H2,2-5H3/b19-13+. The van der Waals surface area contributed by atoms with E-state index < -0.39 is 11.8 Å². The van der Waals surface area contributed by atoms with Crippen molar-refractivity contribution >= 4 is 17.9 Å². The van der Waals surface area contributed by atoms with E-state index in [1.54, 1.807) is 37.3 Å². The summed E-state index contributed by atoms with van der Waals surface area (Å²) in [5, 5.41) is 9.50. The molecule has 2 amide bonds. The van der Waals surface area contributed by atoms with Crippen LogP contribution in [0.3, 0.4) is 0 Å². The minimum absolute atomic E-state index is 0.0338. The third-order valence-corrected chi connectivity index (χ3v) is 4.66. The first kappa shape index (κ1) is 23.9. The minimum Gasteiger partial charge on any atom is -0.493 e. The van der Waals surface area contributed by atoms with Gasteiger partial charge in [-0.2, -0.15) is 5.26 Å². The van der Waals surface area contributed by atoms with Gasteiger partial charge in [-0.25, -0.2) is 0 Å². The molecule has 0 aromatic heterocycles. The lowest BCUT2D eigenvalue weighted by Crippen LogP contribution is -2.43. The summed E-state index contributed by atoms with van der Waals surface area (Å²) < 4.78 is 16.4. The molecule has 1 aromatic rings. The van der Waals surface area contributed by atoms with Gasteiger partial charge in [0.05, 0.1) is 13.2 Å². The smallest absolute Gasteiger partial charge is 0.271 e. The van der Waals surface area contributed by atoms with E-state index in [2.05, 4.69) is 6.58 Å². The Morgan fingerprint density at radius 2 is 1.97 bits per heavy atom. The number of rotatable bonds is 10. The number of carbonyl (C=O) groups is 2. The maximum atomic E-state index is 13.1. The van der Waals surface area contributed by atoms with Crippen molar-refractivity contribution in [3.63, 3.8) is 0 Å². The van der Waals surface area contributed by atoms with Crippen LogP contribution in [0, 0.1) is 11.3 Å². The fourth-order valence-corrected chi connectivity index (χ4v) is 3.08. The Labute approximate surface area is 183 Å². The molecule has 0 saturated heterocycles. The Bertz CT molecular complexity index is 953. The van der Waals surface area contributed by atoms with Crippen molar-refractivity contribution in [3.05, 3.63) is 53.1 Å². The number of benzene rings is 1. The predicted octanol–water partition coefficient (Wildman–Crippen LogP) is 3.67. The quantitative estimate of drug-likeness (QED) is 0.246. The largest absolute Gasteiger partial charge is 0.493 e. The van der Waals surface area contributed by atoms with Crippen LogP contribution < -0.4 is 9.47 Å². The lowest BCUT2D eigenvalue weighted by Gasteiger charge is -2.27. The van der Waals surface area contributed by atoms with Crippen LogP contribution in [0.1, 0.15) is 32.8 Å². The summed E-state index contributed by atoms with van der Waals surface area (Å²) in [7, 11) is 1.53. The molecule has 0 radical (unpaired) electrons. The van der Waals surface area contributed by atoms with E-state index in [1.165, 1.54) is 7.11 Å². The molecule has 1 aliphatic rings. The highest BCUT2D eigenvalue weighted by Crippen LogP contribution is 2.31. The SMILES string of the molecule is C=CCOc1ccc(/C=C2/C(=O)N(CCCOC(C)C)C(=O)C(C#N)=C2C)cc1OC. The van der Waals surface area contributed by atoms with Crippen molar-refractivity contribution in [2.24, 2.45) is 0 Å². The fraction of sp³-hybridized carbons (Fsp3) is 0.375. The minimum atomic E-state index is -0.572. The monoisotopic (exact) mass is 424 g/mol. The molecule has 31 heavy (non-hydrogen) atoms. The summed E-state index contributed by atoms with van der Waals surface area (Å²) in [6.45, 7) is 9.99. The molecule has 1 aromatic carbocycles. The van der Waals surface area contributed by atoms with E-state index in [1.807, 2.05) is 19.9 Å². The van der Waals surface area contributed by atoms with Crippen molar-refractivity contribution in [2.75, 3.05) is 26.9 Å². The maximum absolute atomic E-state index is 13.1. The molecular weight excluding hydrogens is 396 g/mol. The summed E-state index contributed by atoms with van der Waals surface area (Å²) in [5.74, 6) is 0.0428. The van der Waals surface area contributed by atoms with E-state index in [9.17, 15) is 14.9 Å². The molecule has 0 spiro atoms. The normalized spacial score (nSPS) is 15.5. The third-order valence-electron chi connectivity index (χ3n) is 4.66. The Hall–Kier alpha value is -3.37. The zero-order chi connectivity index (χ0) is 23.0. The molecule has 0 saturated carbocycles. The second kappa shape index (κ2) is 11.1. The van der Waals surface area contributed by atoms with Crippen LogP contribution in [-0.2, 0) is 14.3 Å². The molecule has 0 unspecified atom stereocenters. The Morgan fingerprint density at radius 1 is 1.23 bits per heavy atom. The molecule has 2 rings (SSSR count). The molecule has 0 N–H and O–H groups in total. The van der Waals surface area contributed by atoms with Gasteiger partial charge >= 0.3 is 0 Å². The van der Waals surface area contributed by atoms with Crippen LogP contribution in [-0.4, -0.2) is 49.7 Å². The zero-order valence-electron chi connectivity index (χ0n) is 18.4. The lowest BCUT2D eigenvalue weighted by molar-refractivity contribution is -0.140. The van der Waals surface area contributed by atoms with Gasteiger partial charge in [-0.05, 0) is 56.5 Å². The number of hydrogen-bond acceptors (Lipinski definition) is 6. The number of amides is 2. The second-order valence-electron chi connectivity index (χ2n) is 7.21. The van der Waals surface area contributed by atoms with Gasteiger partial charge in [0, 0.05) is 18.7 Å². The number of ether oxygens (including phenoxy) is 3. The summed E-state index contributed by atoms with van der Waals surface area (Å²) >= 11 is 0. The average molecular weight is 424 g/mol. The molecule has 1 aliphatic heterocycles. The number of imide groups is 1. The van der Waals surface area contributed by atoms with E-state index in [0.717, 1.165) is 4.90 Å². The van der Waals surface area contributed by atoms with Crippen molar-refractivity contribution in [3.8, 4) is 17.6 Å². The van der Waals surface area contributed by atoms with Gasteiger partial charge in [-0.15, -0.1) is 0 Å². The predicted molar refractivity (Wildman–Crippen MR) is 117 cm³/mol. The number of nitrogens with zero attached hydrogens (tertiary/aromatic N) is 2. The van der Waals surface area contributed by atoms with Gasteiger partial charge in [-0.1, -0.05) is 18.7 Å². The van der Waals surface area contributed by atoms with E-state index in [-0.39, 0.29) is 18.2 Å². The summed E-state index contributed by atoms with van der Waals surface area (Å²) in [5.41, 5.74) is 1.30. The Morgan fingerprint density at radius 3 is 2.58 bits per heavy atom. The molecule has 0 bridgehead atoms. The van der Waals surface area contributed by atoms with Gasteiger partial charge in [0.25, 0.3) is 11.8 Å².